The van der Waals surface area contributed by atoms with Gasteiger partial charge in [0.05, 0.1) is 35.0 Å². The molecule has 0 atom stereocenters. The molecular formula is C20H21N3O3S2. The van der Waals surface area contributed by atoms with Crippen LogP contribution < -0.4 is 5.32 Å². The van der Waals surface area contributed by atoms with Crippen LogP contribution in [0.1, 0.15) is 23.7 Å². The van der Waals surface area contributed by atoms with Crippen LogP contribution in [0.25, 0.3) is 10.9 Å². The van der Waals surface area contributed by atoms with Crippen LogP contribution in [0.5, 0.6) is 0 Å². The van der Waals surface area contributed by atoms with Crippen molar-refractivity contribution < 1.29 is 14.3 Å². The number of nitrogens with one attached hydrogen (secondary N) is 1. The fourth-order valence-electron chi connectivity index (χ4n) is 2.71. The number of thiazole rings is 1. The molecule has 1 amide bonds. The topological polar surface area (TPSA) is 81.2 Å². The first-order valence-corrected chi connectivity index (χ1v) is 10.7. The first-order chi connectivity index (χ1) is 13.5. The standard InChI is InChI=1S/C20H21N3O3S2/c1-4-26-18(25)9-14-10-28-20(21-14)22-16(24)11-27-17-8-13(3)15-7-5-6-12(2)19(15)23-17/h5-8,10H,4,9,11H2,1-3H3,(H,21,22,24). The number of hydrogen-bond acceptors (Lipinski definition) is 7. The first-order valence-electron chi connectivity index (χ1n) is 8.86. The number of aryl methyl sites for hydroxylation is 2. The summed E-state index contributed by atoms with van der Waals surface area (Å²) in [5.74, 6) is -0.253. The van der Waals surface area contributed by atoms with Gasteiger partial charge in [0.2, 0.25) is 5.91 Å². The first kappa shape index (κ1) is 20.3. The van der Waals surface area contributed by atoms with Crippen molar-refractivity contribution in [2.24, 2.45) is 0 Å². The molecule has 0 unspecified atom stereocenters. The van der Waals surface area contributed by atoms with Crippen molar-refractivity contribution in [1.82, 2.24) is 9.97 Å². The Morgan fingerprint density at radius 3 is 2.82 bits per heavy atom. The second kappa shape index (κ2) is 9.16. The fourth-order valence-corrected chi connectivity index (χ4v) is 4.20. The van der Waals surface area contributed by atoms with Gasteiger partial charge >= 0.3 is 5.97 Å². The lowest BCUT2D eigenvalue weighted by Crippen LogP contribution is -2.14. The second-order valence-electron chi connectivity index (χ2n) is 6.21. The summed E-state index contributed by atoms with van der Waals surface area (Å²) in [6.07, 6.45) is 0.106. The van der Waals surface area contributed by atoms with Crippen molar-refractivity contribution in [2.45, 2.75) is 32.2 Å². The molecule has 3 rings (SSSR count). The highest BCUT2D eigenvalue weighted by Crippen LogP contribution is 2.26. The van der Waals surface area contributed by atoms with Gasteiger partial charge in [0.15, 0.2) is 5.13 Å². The van der Waals surface area contributed by atoms with E-state index >= 15 is 0 Å². The average molecular weight is 416 g/mol. The van der Waals surface area contributed by atoms with Crippen molar-refractivity contribution >= 4 is 51.0 Å². The Morgan fingerprint density at radius 2 is 2.04 bits per heavy atom. The molecule has 0 spiro atoms. The summed E-state index contributed by atoms with van der Waals surface area (Å²) >= 11 is 2.68. The number of nitrogens with zero attached hydrogens (tertiary/aromatic N) is 2. The molecule has 1 N–H and O–H groups in total. The summed E-state index contributed by atoms with van der Waals surface area (Å²) < 4.78 is 4.90. The van der Waals surface area contributed by atoms with Gasteiger partial charge < -0.3 is 10.1 Å². The van der Waals surface area contributed by atoms with E-state index in [-0.39, 0.29) is 24.1 Å². The summed E-state index contributed by atoms with van der Waals surface area (Å²) in [6.45, 7) is 6.18. The SMILES string of the molecule is CCOC(=O)Cc1csc(NC(=O)CSc2cc(C)c3cccc(C)c3n2)n1. The predicted octanol–water partition coefficient (Wildman–Crippen LogP) is 4.14. The molecule has 0 aliphatic heterocycles. The van der Waals surface area contributed by atoms with E-state index in [1.807, 2.05) is 32.0 Å². The van der Waals surface area contributed by atoms with Gasteiger partial charge in [0, 0.05) is 10.8 Å². The second-order valence-corrected chi connectivity index (χ2v) is 8.06. The molecule has 1 aromatic carbocycles. The molecular weight excluding hydrogens is 394 g/mol. The zero-order chi connectivity index (χ0) is 20.1. The number of para-hydroxylation sites is 1. The minimum Gasteiger partial charge on any atom is -0.466 e. The number of carbonyl (C=O) groups is 2. The van der Waals surface area contributed by atoms with E-state index in [0.717, 1.165) is 27.1 Å². The Morgan fingerprint density at radius 1 is 1.21 bits per heavy atom. The monoisotopic (exact) mass is 415 g/mol. The van der Waals surface area contributed by atoms with Crippen LogP contribution >= 0.6 is 23.1 Å². The minimum atomic E-state index is -0.325. The third kappa shape index (κ3) is 5.08. The smallest absolute Gasteiger partial charge is 0.311 e. The molecule has 28 heavy (non-hydrogen) atoms. The van der Waals surface area contributed by atoms with Crippen molar-refractivity contribution in [3.63, 3.8) is 0 Å². The predicted molar refractivity (Wildman–Crippen MR) is 113 cm³/mol. The Labute approximate surface area is 171 Å². The molecule has 8 heteroatoms. The molecule has 2 heterocycles. The van der Waals surface area contributed by atoms with E-state index in [2.05, 4.69) is 21.4 Å². The van der Waals surface area contributed by atoms with E-state index in [4.69, 9.17) is 4.74 Å². The van der Waals surface area contributed by atoms with E-state index in [1.54, 1.807) is 12.3 Å². The molecule has 0 saturated heterocycles. The summed E-state index contributed by atoms with van der Waals surface area (Å²) in [5, 5.41) is 6.94. The molecule has 0 saturated carbocycles. The van der Waals surface area contributed by atoms with Crippen LogP contribution in [0.3, 0.4) is 0 Å². The van der Waals surface area contributed by atoms with Gasteiger partial charge in [-0.1, -0.05) is 30.0 Å². The number of thioether (sulfide) groups is 1. The van der Waals surface area contributed by atoms with Crippen LogP contribution in [-0.4, -0.2) is 34.2 Å². The van der Waals surface area contributed by atoms with E-state index in [1.165, 1.54) is 23.1 Å². The minimum absolute atomic E-state index is 0.106. The quantitative estimate of drug-likeness (QED) is 0.461. The fraction of sp³-hybridized carbons (Fsp3) is 0.300. The maximum Gasteiger partial charge on any atom is 0.311 e. The summed E-state index contributed by atoms with van der Waals surface area (Å²) in [7, 11) is 0. The number of amides is 1. The molecule has 6 nitrogen and oxygen atoms in total. The van der Waals surface area contributed by atoms with Gasteiger partial charge in [-0.15, -0.1) is 11.3 Å². The highest BCUT2D eigenvalue weighted by atomic mass is 32.2. The van der Waals surface area contributed by atoms with Crippen molar-refractivity contribution in [2.75, 3.05) is 17.7 Å². The number of benzene rings is 1. The van der Waals surface area contributed by atoms with Gasteiger partial charge in [-0.25, -0.2) is 9.97 Å². The highest BCUT2D eigenvalue weighted by Gasteiger charge is 2.12. The molecule has 3 aromatic rings. The van der Waals surface area contributed by atoms with Gasteiger partial charge in [-0.3, -0.25) is 9.59 Å². The van der Waals surface area contributed by atoms with Crippen molar-refractivity contribution in [3.8, 4) is 0 Å². The third-order valence-corrected chi connectivity index (χ3v) is 5.72. The maximum atomic E-state index is 12.3. The van der Waals surface area contributed by atoms with E-state index < -0.39 is 0 Å². The molecule has 0 fully saturated rings. The molecule has 2 aromatic heterocycles. The normalized spacial score (nSPS) is 10.8. The zero-order valence-corrected chi connectivity index (χ0v) is 17.6. The number of pyridine rings is 1. The Kier molecular flexibility index (Phi) is 6.64. The van der Waals surface area contributed by atoms with Crippen LogP contribution in [0.2, 0.25) is 0 Å². The maximum absolute atomic E-state index is 12.3. The third-order valence-electron chi connectivity index (χ3n) is 4.00. The number of carbonyl (C=O) groups excluding carboxylic acids is 2. The molecule has 0 aliphatic rings. The zero-order valence-electron chi connectivity index (χ0n) is 15.9. The number of anilines is 1. The van der Waals surface area contributed by atoms with Gasteiger partial charge in [0.25, 0.3) is 0 Å². The van der Waals surface area contributed by atoms with Gasteiger partial charge in [-0.05, 0) is 38.0 Å². The number of hydrogen-bond donors (Lipinski definition) is 1. The number of esters is 1. The summed E-state index contributed by atoms with van der Waals surface area (Å²) in [5.41, 5.74) is 3.81. The average Bonchev–Trinajstić information content (AvgIpc) is 3.07. The largest absolute Gasteiger partial charge is 0.466 e. The number of rotatable bonds is 7. The number of fused-ring (bicyclic) bond motifs is 1. The Balaban J connectivity index is 1.59. The lowest BCUT2D eigenvalue weighted by atomic mass is 10.1. The van der Waals surface area contributed by atoms with E-state index in [0.29, 0.717) is 17.4 Å². The van der Waals surface area contributed by atoms with Crippen LogP contribution in [-0.2, 0) is 20.7 Å². The van der Waals surface area contributed by atoms with Gasteiger partial charge in [-0.2, -0.15) is 0 Å². The molecule has 0 radical (unpaired) electrons. The highest BCUT2D eigenvalue weighted by molar-refractivity contribution is 7.99. The number of aromatic nitrogens is 2. The molecule has 146 valence electrons. The summed E-state index contributed by atoms with van der Waals surface area (Å²) in [6, 6.07) is 8.12. The summed E-state index contributed by atoms with van der Waals surface area (Å²) in [4.78, 5) is 32.7. The number of ether oxygens (including phenoxy) is 1. The Hall–Kier alpha value is -2.45. The Bertz CT molecular complexity index is 1020. The van der Waals surface area contributed by atoms with Crippen LogP contribution in [0, 0.1) is 13.8 Å². The molecule has 0 bridgehead atoms. The van der Waals surface area contributed by atoms with Crippen molar-refractivity contribution in [3.05, 3.63) is 46.5 Å². The van der Waals surface area contributed by atoms with Crippen molar-refractivity contribution in [1.29, 1.82) is 0 Å². The van der Waals surface area contributed by atoms with Crippen LogP contribution in [0.15, 0.2) is 34.7 Å². The van der Waals surface area contributed by atoms with Gasteiger partial charge in [0.1, 0.15) is 0 Å². The molecule has 0 aliphatic carbocycles. The lowest BCUT2D eigenvalue weighted by molar-refractivity contribution is -0.142. The van der Waals surface area contributed by atoms with Crippen LogP contribution in [0.4, 0.5) is 5.13 Å². The van der Waals surface area contributed by atoms with E-state index in [9.17, 15) is 9.59 Å². The lowest BCUT2D eigenvalue weighted by Gasteiger charge is -2.08.